The summed E-state index contributed by atoms with van der Waals surface area (Å²) in [5.41, 5.74) is 1.01. The third kappa shape index (κ3) is 4.46. The third-order valence-corrected chi connectivity index (χ3v) is 5.68. The van der Waals surface area contributed by atoms with Crippen LogP contribution in [0.25, 0.3) is 4.96 Å². The van der Waals surface area contributed by atoms with Gasteiger partial charge in [0, 0.05) is 49.5 Å². The highest BCUT2D eigenvalue weighted by atomic mass is 127. The lowest BCUT2D eigenvalue weighted by Gasteiger charge is -2.20. The molecule has 1 saturated carbocycles. The minimum Gasteiger partial charge on any atom is -0.357 e. The fourth-order valence-electron chi connectivity index (χ4n) is 3.44. The van der Waals surface area contributed by atoms with Crippen molar-refractivity contribution in [2.24, 2.45) is 10.9 Å². The molecule has 0 aromatic carbocycles. The fourth-order valence-corrected chi connectivity index (χ4v) is 4.16. The highest BCUT2D eigenvalue weighted by molar-refractivity contribution is 14.0. The van der Waals surface area contributed by atoms with Gasteiger partial charge < -0.3 is 10.6 Å². The molecule has 2 aromatic rings. The number of rotatable bonds is 5. The van der Waals surface area contributed by atoms with Gasteiger partial charge >= 0.3 is 0 Å². The van der Waals surface area contributed by atoms with Crippen LogP contribution in [-0.4, -0.2) is 52.0 Å². The molecule has 6 nitrogen and oxygen atoms in total. The summed E-state index contributed by atoms with van der Waals surface area (Å²) in [5, 5.41) is 9.07. The minimum absolute atomic E-state index is 0. The van der Waals surface area contributed by atoms with E-state index in [4.69, 9.17) is 4.99 Å². The van der Waals surface area contributed by atoms with E-state index in [9.17, 15) is 0 Å². The van der Waals surface area contributed by atoms with Crippen molar-refractivity contribution in [2.75, 3.05) is 19.6 Å². The number of hydrogen-bond donors (Lipinski definition) is 2. The molecule has 0 radical (unpaired) electrons. The number of fused-ring (bicyclic) bond motifs is 1. The molecule has 1 saturated heterocycles. The topological polar surface area (TPSA) is 57.0 Å². The average molecular weight is 474 g/mol. The van der Waals surface area contributed by atoms with Gasteiger partial charge in [-0.3, -0.25) is 9.30 Å². The number of halogens is 1. The second kappa shape index (κ2) is 8.22. The molecule has 2 aromatic heterocycles. The van der Waals surface area contributed by atoms with Gasteiger partial charge in [0.25, 0.3) is 0 Å². The minimum atomic E-state index is 0. The van der Waals surface area contributed by atoms with Crippen molar-refractivity contribution in [3.8, 4) is 0 Å². The molecule has 2 aliphatic rings. The summed E-state index contributed by atoms with van der Waals surface area (Å²) in [7, 11) is 0. The summed E-state index contributed by atoms with van der Waals surface area (Å²) in [4.78, 5) is 13.0. The number of nitrogens with one attached hydrogen (secondary N) is 2. The molecular formula is C17H27IN6S. The van der Waals surface area contributed by atoms with Crippen LogP contribution in [0.15, 0.2) is 22.8 Å². The molecule has 4 rings (SSSR count). The Labute approximate surface area is 170 Å². The second-order valence-corrected chi connectivity index (χ2v) is 7.81. The molecule has 1 aliphatic carbocycles. The second-order valence-electron chi connectivity index (χ2n) is 6.93. The summed E-state index contributed by atoms with van der Waals surface area (Å²) in [6.45, 7) is 8.27. The van der Waals surface area contributed by atoms with Gasteiger partial charge in [-0.1, -0.05) is 6.92 Å². The van der Waals surface area contributed by atoms with Crippen molar-refractivity contribution in [1.29, 1.82) is 0 Å². The van der Waals surface area contributed by atoms with Crippen LogP contribution in [0.5, 0.6) is 0 Å². The normalized spacial score (nSPS) is 24.5. The van der Waals surface area contributed by atoms with E-state index in [1.54, 1.807) is 11.3 Å². The summed E-state index contributed by atoms with van der Waals surface area (Å²) in [5.74, 6) is 1.57. The van der Waals surface area contributed by atoms with Crippen LogP contribution in [0.1, 0.15) is 32.4 Å². The Balaban J connectivity index is 0.00000182. The number of imidazole rings is 1. The van der Waals surface area contributed by atoms with E-state index in [0.29, 0.717) is 18.5 Å². The molecule has 2 atom stereocenters. The lowest BCUT2D eigenvalue weighted by atomic mass is 10.1. The molecule has 138 valence electrons. The molecule has 0 spiro atoms. The number of nitrogens with zero attached hydrogens (tertiary/aromatic N) is 4. The van der Waals surface area contributed by atoms with Crippen LogP contribution >= 0.6 is 35.3 Å². The highest BCUT2D eigenvalue weighted by Gasteiger charge is 2.38. The van der Waals surface area contributed by atoms with Gasteiger partial charge in [-0.05, 0) is 25.7 Å². The first-order chi connectivity index (χ1) is 11.7. The van der Waals surface area contributed by atoms with Crippen molar-refractivity contribution < 1.29 is 0 Å². The molecule has 0 amide bonds. The number of aliphatic imine (C=N–C) groups is 1. The van der Waals surface area contributed by atoms with Crippen LogP contribution in [0.2, 0.25) is 0 Å². The van der Waals surface area contributed by atoms with Crippen molar-refractivity contribution in [1.82, 2.24) is 24.9 Å². The third-order valence-electron chi connectivity index (χ3n) is 4.91. The molecular weight excluding hydrogens is 447 g/mol. The number of likely N-dealkylation sites (tertiary alicyclic amines) is 1. The zero-order chi connectivity index (χ0) is 16.5. The van der Waals surface area contributed by atoms with E-state index >= 15 is 0 Å². The smallest absolute Gasteiger partial charge is 0.193 e. The SMILES string of the molecule is CCNC(=NCc1cn2ccsc2n1)NC1CN(C2CC2)CC1C.I. The average Bonchev–Trinajstić information content (AvgIpc) is 3.04. The number of hydrogen-bond acceptors (Lipinski definition) is 4. The standard InChI is InChI=1S/C17H26N6S.HI/c1-3-18-16(19-8-13-10-22-6-7-24-17(22)20-13)21-15-11-23(9-12(15)2)14-4-5-14;/h6-7,10,12,14-15H,3-5,8-9,11H2,1-2H3,(H2,18,19,21);1H. The van der Waals surface area contributed by atoms with E-state index in [2.05, 4.69) is 45.0 Å². The lowest BCUT2D eigenvalue weighted by molar-refractivity contribution is 0.315. The van der Waals surface area contributed by atoms with Crippen molar-refractivity contribution in [3.05, 3.63) is 23.5 Å². The molecule has 3 heterocycles. The first kappa shape index (κ1) is 18.9. The summed E-state index contributed by atoms with van der Waals surface area (Å²) in [6, 6.07) is 1.33. The van der Waals surface area contributed by atoms with E-state index in [-0.39, 0.29) is 24.0 Å². The quantitative estimate of drug-likeness (QED) is 0.398. The number of thiazole rings is 1. The van der Waals surface area contributed by atoms with Crippen LogP contribution in [0, 0.1) is 5.92 Å². The maximum Gasteiger partial charge on any atom is 0.193 e. The lowest BCUT2D eigenvalue weighted by Crippen LogP contribution is -2.46. The predicted molar refractivity (Wildman–Crippen MR) is 114 cm³/mol. The van der Waals surface area contributed by atoms with Crippen molar-refractivity contribution in [2.45, 2.75) is 45.3 Å². The molecule has 0 bridgehead atoms. The van der Waals surface area contributed by atoms with Gasteiger partial charge in [0.1, 0.15) is 0 Å². The van der Waals surface area contributed by atoms with Crippen LogP contribution in [0.4, 0.5) is 0 Å². The Hall–Kier alpha value is -0.870. The van der Waals surface area contributed by atoms with E-state index in [0.717, 1.165) is 35.7 Å². The van der Waals surface area contributed by atoms with Crippen molar-refractivity contribution in [3.63, 3.8) is 0 Å². The fraction of sp³-hybridized carbons (Fsp3) is 0.647. The van der Waals surface area contributed by atoms with Crippen LogP contribution < -0.4 is 10.6 Å². The summed E-state index contributed by atoms with van der Waals surface area (Å²) >= 11 is 1.65. The Morgan fingerprint density at radius 1 is 1.40 bits per heavy atom. The maximum absolute atomic E-state index is 4.75. The van der Waals surface area contributed by atoms with Gasteiger partial charge in [-0.2, -0.15) is 0 Å². The van der Waals surface area contributed by atoms with Crippen LogP contribution in [0.3, 0.4) is 0 Å². The van der Waals surface area contributed by atoms with Crippen molar-refractivity contribution >= 4 is 46.2 Å². The molecule has 25 heavy (non-hydrogen) atoms. The van der Waals surface area contributed by atoms with E-state index in [1.807, 2.05) is 11.6 Å². The van der Waals surface area contributed by atoms with Crippen LogP contribution in [-0.2, 0) is 6.54 Å². The molecule has 2 fully saturated rings. The zero-order valence-electron chi connectivity index (χ0n) is 14.8. The first-order valence-electron chi connectivity index (χ1n) is 8.93. The van der Waals surface area contributed by atoms with Gasteiger partial charge in [0.05, 0.1) is 12.2 Å². The number of aromatic nitrogens is 2. The summed E-state index contributed by atoms with van der Waals surface area (Å²) < 4.78 is 2.06. The van der Waals surface area contributed by atoms with Gasteiger partial charge in [-0.25, -0.2) is 9.98 Å². The van der Waals surface area contributed by atoms with Gasteiger partial charge in [0.15, 0.2) is 10.9 Å². The van der Waals surface area contributed by atoms with Gasteiger partial charge in [-0.15, -0.1) is 35.3 Å². The zero-order valence-corrected chi connectivity index (χ0v) is 18.0. The Morgan fingerprint density at radius 3 is 2.96 bits per heavy atom. The largest absolute Gasteiger partial charge is 0.357 e. The molecule has 1 aliphatic heterocycles. The Morgan fingerprint density at radius 2 is 2.24 bits per heavy atom. The van der Waals surface area contributed by atoms with Gasteiger partial charge in [0.2, 0.25) is 0 Å². The summed E-state index contributed by atoms with van der Waals surface area (Å²) in [6.07, 6.45) is 6.86. The monoisotopic (exact) mass is 474 g/mol. The van der Waals surface area contributed by atoms with E-state index < -0.39 is 0 Å². The Bertz CT molecular complexity index is 693. The molecule has 2 unspecified atom stereocenters. The molecule has 2 N–H and O–H groups in total. The predicted octanol–water partition coefficient (Wildman–Crippen LogP) is 2.55. The first-order valence-corrected chi connectivity index (χ1v) is 9.81. The maximum atomic E-state index is 4.75. The number of guanidine groups is 1. The Kier molecular flexibility index (Phi) is 6.21. The highest BCUT2D eigenvalue weighted by Crippen LogP contribution is 2.31. The van der Waals surface area contributed by atoms with E-state index in [1.165, 1.54) is 19.4 Å². The molecule has 8 heteroatoms.